The van der Waals surface area contributed by atoms with Crippen molar-refractivity contribution in [3.8, 4) is 6.07 Å². The number of likely N-dealkylation sites (tertiary alicyclic amines) is 1. The highest BCUT2D eigenvalue weighted by molar-refractivity contribution is 5.81. The highest BCUT2D eigenvalue weighted by atomic mass is 16.6. The minimum Gasteiger partial charge on any atom is -0.450 e. The molecule has 1 fully saturated rings. The Morgan fingerprint density at radius 3 is 2.71 bits per heavy atom. The van der Waals surface area contributed by atoms with E-state index in [2.05, 4.69) is 16.7 Å². The molecule has 1 aliphatic rings. The summed E-state index contributed by atoms with van der Waals surface area (Å²) in [4.78, 5) is 25.3. The summed E-state index contributed by atoms with van der Waals surface area (Å²) in [7, 11) is 0. The molecule has 1 heterocycles. The Morgan fingerprint density at radius 1 is 1.33 bits per heavy atom. The quantitative estimate of drug-likeness (QED) is 0.857. The second-order valence-corrected chi connectivity index (χ2v) is 5.54. The van der Waals surface area contributed by atoms with Gasteiger partial charge in [-0.15, -0.1) is 0 Å². The first-order valence-corrected chi connectivity index (χ1v) is 8.08. The molecular weight excluding hydrogens is 308 g/mol. The van der Waals surface area contributed by atoms with E-state index in [1.54, 1.807) is 30.0 Å². The maximum absolute atomic E-state index is 12.0. The molecule has 7 nitrogen and oxygen atoms in total. The number of hydrogen-bond acceptors (Lipinski definition) is 5. The van der Waals surface area contributed by atoms with E-state index in [-0.39, 0.29) is 24.6 Å². The van der Waals surface area contributed by atoms with Crippen molar-refractivity contribution in [3.63, 3.8) is 0 Å². The smallest absolute Gasteiger partial charge is 0.409 e. The summed E-state index contributed by atoms with van der Waals surface area (Å²) in [6.45, 7) is 3.41. The first-order chi connectivity index (χ1) is 11.6. The predicted octanol–water partition coefficient (Wildman–Crippen LogP) is 1.71. The second-order valence-electron chi connectivity index (χ2n) is 5.54. The molecule has 0 radical (unpaired) electrons. The van der Waals surface area contributed by atoms with E-state index < -0.39 is 0 Å². The highest BCUT2D eigenvalue weighted by Gasteiger charge is 2.24. The number of amides is 2. The lowest BCUT2D eigenvalue weighted by Crippen LogP contribution is -2.47. The fourth-order valence-corrected chi connectivity index (χ4v) is 2.61. The third kappa shape index (κ3) is 4.88. The SMILES string of the molecule is CCOC(=O)N1CCC(NC(=O)CNc2ccccc2C#N)CC1. The predicted molar refractivity (Wildman–Crippen MR) is 89.4 cm³/mol. The number of piperidine rings is 1. The summed E-state index contributed by atoms with van der Waals surface area (Å²) in [6, 6.07) is 9.19. The van der Waals surface area contributed by atoms with Gasteiger partial charge in [-0.1, -0.05) is 12.1 Å². The number of nitrogens with zero attached hydrogens (tertiary/aromatic N) is 2. The van der Waals surface area contributed by atoms with Crippen LogP contribution >= 0.6 is 0 Å². The monoisotopic (exact) mass is 330 g/mol. The van der Waals surface area contributed by atoms with E-state index in [0.717, 1.165) is 0 Å². The first-order valence-electron chi connectivity index (χ1n) is 8.08. The minimum absolute atomic E-state index is 0.0520. The van der Waals surface area contributed by atoms with Crippen molar-refractivity contribution in [1.29, 1.82) is 5.26 Å². The van der Waals surface area contributed by atoms with E-state index in [0.29, 0.717) is 43.8 Å². The van der Waals surface area contributed by atoms with Crippen molar-refractivity contribution in [2.24, 2.45) is 0 Å². The van der Waals surface area contributed by atoms with E-state index in [1.165, 1.54) is 0 Å². The van der Waals surface area contributed by atoms with Crippen LogP contribution in [0.15, 0.2) is 24.3 Å². The standard InChI is InChI=1S/C17H22N4O3/c1-2-24-17(23)21-9-7-14(8-10-21)20-16(22)12-19-15-6-4-3-5-13(15)11-18/h3-6,14,19H,2,7-10,12H2,1H3,(H,20,22). The Hall–Kier alpha value is -2.75. The average molecular weight is 330 g/mol. The molecular formula is C17H22N4O3. The number of rotatable bonds is 5. The number of carbonyl (C=O) groups excluding carboxylic acids is 2. The van der Waals surface area contributed by atoms with Crippen molar-refractivity contribution in [2.45, 2.75) is 25.8 Å². The molecule has 2 rings (SSSR count). The fourth-order valence-electron chi connectivity index (χ4n) is 2.61. The van der Waals surface area contributed by atoms with Crippen LogP contribution in [0.1, 0.15) is 25.3 Å². The van der Waals surface area contributed by atoms with Crippen LogP contribution in [-0.4, -0.2) is 49.2 Å². The number of para-hydroxylation sites is 1. The van der Waals surface area contributed by atoms with Crippen LogP contribution in [0.5, 0.6) is 0 Å². The van der Waals surface area contributed by atoms with Gasteiger partial charge in [0.15, 0.2) is 0 Å². The fraction of sp³-hybridized carbons (Fsp3) is 0.471. The van der Waals surface area contributed by atoms with E-state index in [9.17, 15) is 9.59 Å². The number of anilines is 1. The largest absolute Gasteiger partial charge is 0.450 e. The molecule has 1 saturated heterocycles. The van der Waals surface area contributed by atoms with Gasteiger partial charge in [0.1, 0.15) is 6.07 Å². The zero-order chi connectivity index (χ0) is 17.4. The molecule has 2 N–H and O–H groups in total. The summed E-state index contributed by atoms with van der Waals surface area (Å²) in [5.74, 6) is -0.127. The lowest BCUT2D eigenvalue weighted by molar-refractivity contribution is -0.120. The molecule has 0 spiro atoms. The van der Waals surface area contributed by atoms with Crippen LogP contribution in [0.2, 0.25) is 0 Å². The van der Waals surface area contributed by atoms with E-state index in [1.807, 2.05) is 6.07 Å². The summed E-state index contributed by atoms with van der Waals surface area (Å²) in [5, 5.41) is 15.0. The number of hydrogen-bond donors (Lipinski definition) is 2. The van der Waals surface area contributed by atoms with Gasteiger partial charge < -0.3 is 20.3 Å². The Kier molecular flexibility index (Phi) is 6.43. The summed E-state index contributed by atoms with van der Waals surface area (Å²) < 4.78 is 4.97. The molecule has 0 aromatic heterocycles. The topological polar surface area (TPSA) is 94.5 Å². The number of nitriles is 1. The maximum Gasteiger partial charge on any atom is 0.409 e. The third-order valence-electron chi connectivity index (χ3n) is 3.87. The molecule has 0 aliphatic carbocycles. The molecule has 2 amide bonds. The molecule has 1 aliphatic heterocycles. The lowest BCUT2D eigenvalue weighted by Gasteiger charge is -2.31. The van der Waals surface area contributed by atoms with Gasteiger partial charge in [-0.3, -0.25) is 4.79 Å². The Balaban J connectivity index is 1.74. The van der Waals surface area contributed by atoms with Crippen molar-refractivity contribution in [3.05, 3.63) is 29.8 Å². The zero-order valence-electron chi connectivity index (χ0n) is 13.7. The van der Waals surface area contributed by atoms with Crippen molar-refractivity contribution in [1.82, 2.24) is 10.2 Å². The van der Waals surface area contributed by atoms with Gasteiger partial charge in [-0.05, 0) is 31.9 Å². The molecule has 24 heavy (non-hydrogen) atoms. The Bertz CT molecular complexity index is 619. The van der Waals surface area contributed by atoms with Crippen LogP contribution in [0, 0.1) is 11.3 Å². The number of nitrogens with one attached hydrogen (secondary N) is 2. The molecule has 1 aromatic rings. The summed E-state index contributed by atoms with van der Waals surface area (Å²) >= 11 is 0. The molecule has 1 aromatic carbocycles. The normalized spacial score (nSPS) is 14.6. The second kappa shape index (κ2) is 8.77. The van der Waals surface area contributed by atoms with Gasteiger partial charge in [-0.25, -0.2) is 4.79 Å². The average Bonchev–Trinajstić information content (AvgIpc) is 2.61. The number of carbonyl (C=O) groups is 2. The van der Waals surface area contributed by atoms with Gasteiger partial charge in [0, 0.05) is 19.1 Å². The van der Waals surface area contributed by atoms with Crippen molar-refractivity contribution in [2.75, 3.05) is 31.6 Å². The van der Waals surface area contributed by atoms with Crippen LogP contribution in [0.3, 0.4) is 0 Å². The third-order valence-corrected chi connectivity index (χ3v) is 3.87. The number of benzene rings is 1. The summed E-state index contributed by atoms with van der Waals surface area (Å²) in [5.41, 5.74) is 1.15. The van der Waals surface area contributed by atoms with E-state index in [4.69, 9.17) is 10.00 Å². The van der Waals surface area contributed by atoms with Gasteiger partial charge >= 0.3 is 6.09 Å². The van der Waals surface area contributed by atoms with Gasteiger partial charge in [-0.2, -0.15) is 5.26 Å². The van der Waals surface area contributed by atoms with Crippen molar-refractivity contribution < 1.29 is 14.3 Å². The van der Waals surface area contributed by atoms with Crippen LogP contribution in [0.4, 0.5) is 10.5 Å². The highest BCUT2D eigenvalue weighted by Crippen LogP contribution is 2.14. The lowest BCUT2D eigenvalue weighted by atomic mass is 10.1. The van der Waals surface area contributed by atoms with Crippen LogP contribution in [-0.2, 0) is 9.53 Å². The zero-order valence-corrected chi connectivity index (χ0v) is 13.7. The first kappa shape index (κ1) is 17.6. The molecule has 128 valence electrons. The molecule has 0 saturated carbocycles. The van der Waals surface area contributed by atoms with Crippen molar-refractivity contribution >= 4 is 17.7 Å². The van der Waals surface area contributed by atoms with Gasteiger partial charge in [0.05, 0.1) is 24.4 Å². The molecule has 0 atom stereocenters. The van der Waals surface area contributed by atoms with Gasteiger partial charge in [0.2, 0.25) is 5.91 Å². The molecule has 0 bridgehead atoms. The maximum atomic E-state index is 12.0. The molecule has 0 unspecified atom stereocenters. The van der Waals surface area contributed by atoms with Crippen LogP contribution < -0.4 is 10.6 Å². The summed E-state index contributed by atoms with van der Waals surface area (Å²) in [6.07, 6.45) is 1.12. The van der Waals surface area contributed by atoms with Gasteiger partial charge in [0.25, 0.3) is 0 Å². The Labute approximate surface area is 141 Å². The van der Waals surface area contributed by atoms with E-state index >= 15 is 0 Å². The minimum atomic E-state index is -0.294. The number of ether oxygens (including phenoxy) is 1. The Morgan fingerprint density at radius 2 is 2.04 bits per heavy atom. The van der Waals surface area contributed by atoms with Crippen LogP contribution in [0.25, 0.3) is 0 Å². The molecule has 7 heteroatoms.